The molecule has 0 fully saturated rings. The van der Waals surface area contributed by atoms with Gasteiger partial charge in [-0.3, -0.25) is 4.79 Å². The van der Waals surface area contributed by atoms with Crippen LogP contribution in [0.4, 0.5) is 0 Å². The zero-order chi connectivity index (χ0) is 16.1. The quantitative estimate of drug-likeness (QED) is 0.852. The zero-order valence-corrected chi connectivity index (χ0v) is 14.8. The summed E-state index contributed by atoms with van der Waals surface area (Å²) in [6, 6.07) is 12.3. The van der Waals surface area contributed by atoms with Crippen molar-refractivity contribution in [1.82, 2.24) is 9.88 Å². The second-order valence-corrected chi connectivity index (χ2v) is 5.88. The highest BCUT2D eigenvalue weighted by Gasteiger charge is 2.15. The highest BCUT2D eigenvalue weighted by atomic mass is 35.5. The molecule has 5 heteroatoms. The summed E-state index contributed by atoms with van der Waals surface area (Å²) in [4.78, 5) is 12.3. The monoisotopic (exact) mass is 335 g/mol. The van der Waals surface area contributed by atoms with E-state index in [1.165, 1.54) is 5.56 Å². The third-order valence-corrected chi connectivity index (χ3v) is 3.89. The maximum atomic E-state index is 12.3. The van der Waals surface area contributed by atoms with Gasteiger partial charge >= 0.3 is 0 Å². The first-order chi connectivity index (χ1) is 10.5. The fourth-order valence-electron chi connectivity index (χ4n) is 2.55. The van der Waals surface area contributed by atoms with Gasteiger partial charge in [0, 0.05) is 30.5 Å². The average molecular weight is 336 g/mol. The normalized spacial score (nSPS) is 11.7. The number of nitrogens with two attached hydrogens (primary N) is 1. The van der Waals surface area contributed by atoms with Crippen molar-refractivity contribution in [2.75, 3.05) is 6.54 Å². The Morgan fingerprint density at radius 3 is 2.52 bits per heavy atom. The van der Waals surface area contributed by atoms with Crippen LogP contribution in [0.2, 0.25) is 0 Å². The molecule has 2 aromatic rings. The maximum absolute atomic E-state index is 12.3. The molecule has 1 heterocycles. The van der Waals surface area contributed by atoms with E-state index in [0.29, 0.717) is 6.54 Å². The molecule has 126 valence electrons. The number of carbonyl (C=O) groups excluding carboxylic acids is 1. The van der Waals surface area contributed by atoms with Crippen molar-refractivity contribution in [1.29, 1.82) is 0 Å². The van der Waals surface area contributed by atoms with Crippen molar-refractivity contribution in [3.8, 4) is 0 Å². The molecule has 1 unspecified atom stereocenters. The predicted molar refractivity (Wildman–Crippen MR) is 97.3 cm³/mol. The van der Waals surface area contributed by atoms with Gasteiger partial charge in [-0.1, -0.05) is 30.3 Å². The topological polar surface area (TPSA) is 60.1 Å². The van der Waals surface area contributed by atoms with Crippen LogP contribution in [-0.4, -0.2) is 23.1 Å². The van der Waals surface area contributed by atoms with E-state index < -0.39 is 0 Å². The van der Waals surface area contributed by atoms with E-state index in [4.69, 9.17) is 5.73 Å². The summed E-state index contributed by atoms with van der Waals surface area (Å²) >= 11 is 0. The molecule has 0 saturated carbocycles. The number of hydrogen-bond donors (Lipinski definition) is 2. The number of aromatic nitrogens is 1. The van der Waals surface area contributed by atoms with Gasteiger partial charge in [0.1, 0.15) is 0 Å². The number of amides is 1. The van der Waals surface area contributed by atoms with Crippen LogP contribution in [0, 0.1) is 13.8 Å². The predicted octanol–water partition coefficient (Wildman–Crippen LogP) is 3.04. The number of benzene rings is 1. The van der Waals surface area contributed by atoms with Gasteiger partial charge in [-0.05, 0) is 38.8 Å². The average Bonchev–Trinajstić information content (AvgIpc) is 2.76. The van der Waals surface area contributed by atoms with Gasteiger partial charge in [-0.2, -0.15) is 0 Å². The molecule has 0 radical (unpaired) electrons. The molecular weight excluding hydrogens is 310 g/mol. The van der Waals surface area contributed by atoms with Crippen LogP contribution < -0.4 is 11.1 Å². The molecule has 3 N–H and O–H groups in total. The van der Waals surface area contributed by atoms with Gasteiger partial charge in [-0.25, -0.2) is 0 Å². The van der Waals surface area contributed by atoms with Crippen molar-refractivity contribution < 1.29 is 4.79 Å². The first-order valence-electron chi connectivity index (χ1n) is 7.73. The molecule has 0 bridgehead atoms. The Bertz CT molecular complexity index is 635. The number of rotatable bonds is 6. The van der Waals surface area contributed by atoms with Crippen LogP contribution in [0.5, 0.6) is 0 Å². The zero-order valence-electron chi connectivity index (χ0n) is 14.0. The Balaban J connectivity index is 0.00000264. The standard InChI is InChI=1S/C18H25N3O.ClH/c1-13(19)9-10-20-18(22)17-11-14(2)21(15(17)3)12-16-7-5-4-6-8-16;/h4-8,11,13H,9-10,12,19H2,1-3H3,(H,20,22);1H. The van der Waals surface area contributed by atoms with Crippen LogP contribution in [-0.2, 0) is 6.54 Å². The molecule has 1 amide bonds. The van der Waals surface area contributed by atoms with Gasteiger partial charge in [0.25, 0.3) is 5.91 Å². The van der Waals surface area contributed by atoms with Gasteiger partial charge in [0.15, 0.2) is 0 Å². The Morgan fingerprint density at radius 1 is 1.26 bits per heavy atom. The molecule has 0 saturated heterocycles. The Hall–Kier alpha value is -1.78. The molecular formula is C18H26ClN3O. The third kappa shape index (κ3) is 5.12. The number of nitrogens with one attached hydrogen (secondary N) is 1. The smallest absolute Gasteiger partial charge is 0.253 e. The Morgan fingerprint density at radius 2 is 1.91 bits per heavy atom. The van der Waals surface area contributed by atoms with Crippen LogP contribution in [0.3, 0.4) is 0 Å². The lowest BCUT2D eigenvalue weighted by Crippen LogP contribution is -2.29. The summed E-state index contributed by atoms with van der Waals surface area (Å²) in [7, 11) is 0. The van der Waals surface area contributed by atoms with Crippen molar-refractivity contribution >= 4 is 18.3 Å². The Kier molecular flexibility index (Phi) is 7.33. The number of carbonyl (C=O) groups is 1. The lowest BCUT2D eigenvalue weighted by molar-refractivity contribution is 0.0952. The SMILES string of the molecule is Cc1cc(C(=O)NCCC(C)N)c(C)n1Cc1ccccc1.Cl. The van der Waals surface area contributed by atoms with Gasteiger partial charge in [0.05, 0.1) is 5.56 Å². The molecule has 2 rings (SSSR count). The fourth-order valence-corrected chi connectivity index (χ4v) is 2.55. The van der Waals surface area contributed by atoms with Crippen molar-refractivity contribution in [2.24, 2.45) is 5.73 Å². The number of aryl methyl sites for hydroxylation is 1. The summed E-state index contributed by atoms with van der Waals surface area (Å²) in [6.07, 6.45) is 0.786. The Labute approximate surface area is 144 Å². The van der Waals surface area contributed by atoms with E-state index in [2.05, 4.69) is 22.0 Å². The van der Waals surface area contributed by atoms with Crippen molar-refractivity contribution in [3.05, 3.63) is 58.9 Å². The van der Waals surface area contributed by atoms with Crippen molar-refractivity contribution in [2.45, 2.75) is 39.8 Å². The summed E-state index contributed by atoms with van der Waals surface area (Å²) in [5.74, 6) is -0.0203. The third-order valence-electron chi connectivity index (χ3n) is 3.89. The van der Waals surface area contributed by atoms with Crippen molar-refractivity contribution in [3.63, 3.8) is 0 Å². The minimum atomic E-state index is -0.0203. The molecule has 1 aromatic carbocycles. The molecule has 4 nitrogen and oxygen atoms in total. The van der Waals surface area contributed by atoms with Crippen LogP contribution in [0.1, 0.15) is 40.7 Å². The van der Waals surface area contributed by atoms with Gasteiger partial charge in [0.2, 0.25) is 0 Å². The van der Waals surface area contributed by atoms with E-state index in [1.807, 2.05) is 45.0 Å². The second-order valence-electron chi connectivity index (χ2n) is 5.88. The minimum Gasteiger partial charge on any atom is -0.352 e. The maximum Gasteiger partial charge on any atom is 0.253 e. The summed E-state index contributed by atoms with van der Waals surface area (Å²) in [5.41, 5.74) is 9.78. The van der Waals surface area contributed by atoms with E-state index in [0.717, 1.165) is 29.9 Å². The van der Waals surface area contributed by atoms with E-state index in [1.54, 1.807) is 0 Å². The number of halogens is 1. The molecule has 1 atom stereocenters. The molecule has 1 aromatic heterocycles. The van der Waals surface area contributed by atoms with Gasteiger partial charge < -0.3 is 15.6 Å². The summed E-state index contributed by atoms with van der Waals surface area (Å²) < 4.78 is 2.18. The first kappa shape index (κ1) is 19.3. The number of nitrogens with zero attached hydrogens (tertiary/aromatic N) is 1. The lowest BCUT2D eigenvalue weighted by atomic mass is 10.2. The van der Waals surface area contributed by atoms with Crippen LogP contribution in [0.25, 0.3) is 0 Å². The lowest BCUT2D eigenvalue weighted by Gasteiger charge is -2.10. The van der Waals surface area contributed by atoms with Gasteiger partial charge in [-0.15, -0.1) is 12.4 Å². The second kappa shape index (κ2) is 8.75. The van der Waals surface area contributed by atoms with E-state index in [-0.39, 0.29) is 24.4 Å². The van der Waals surface area contributed by atoms with Crippen LogP contribution in [0.15, 0.2) is 36.4 Å². The number of hydrogen-bond acceptors (Lipinski definition) is 2. The molecule has 23 heavy (non-hydrogen) atoms. The molecule has 0 aliphatic carbocycles. The fraction of sp³-hybridized carbons (Fsp3) is 0.389. The highest BCUT2D eigenvalue weighted by Crippen LogP contribution is 2.17. The summed E-state index contributed by atoms with van der Waals surface area (Å²) in [5, 5.41) is 2.94. The molecule has 0 aliphatic rings. The first-order valence-corrected chi connectivity index (χ1v) is 7.73. The van der Waals surface area contributed by atoms with E-state index >= 15 is 0 Å². The largest absolute Gasteiger partial charge is 0.352 e. The summed E-state index contributed by atoms with van der Waals surface area (Å²) in [6.45, 7) is 7.37. The minimum absolute atomic E-state index is 0. The molecule has 0 spiro atoms. The molecule has 0 aliphatic heterocycles. The highest BCUT2D eigenvalue weighted by molar-refractivity contribution is 5.95. The van der Waals surface area contributed by atoms with Crippen LogP contribution >= 0.6 is 12.4 Å². The van der Waals surface area contributed by atoms with E-state index in [9.17, 15) is 4.79 Å².